The van der Waals surface area contributed by atoms with Crippen LogP contribution in [0.15, 0.2) is 12.3 Å². The predicted molar refractivity (Wildman–Crippen MR) is 79.3 cm³/mol. The van der Waals surface area contributed by atoms with Gasteiger partial charge in [0.15, 0.2) is 6.29 Å². The van der Waals surface area contributed by atoms with E-state index in [0.29, 0.717) is 18.1 Å². The molecule has 0 unspecified atom stereocenters. The minimum atomic E-state index is 0.622. The van der Waals surface area contributed by atoms with Gasteiger partial charge in [0.05, 0.1) is 6.61 Å². The highest BCUT2D eigenvalue weighted by Gasteiger charge is 2.15. The number of pyridine rings is 1. The van der Waals surface area contributed by atoms with Crippen LogP contribution in [-0.2, 0) is 0 Å². The molecule has 0 spiro atoms. The summed E-state index contributed by atoms with van der Waals surface area (Å²) < 4.78 is 5.66. The molecule has 20 heavy (non-hydrogen) atoms. The van der Waals surface area contributed by atoms with Gasteiger partial charge in [-0.25, -0.2) is 4.98 Å². The third-order valence-electron chi connectivity index (χ3n) is 4.10. The second kappa shape index (κ2) is 7.39. The highest BCUT2D eigenvalue weighted by Crippen LogP contribution is 2.21. The van der Waals surface area contributed by atoms with E-state index in [-0.39, 0.29) is 0 Å². The zero-order valence-corrected chi connectivity index (χ0v) is 12.5. The number of ether oxygens (including phenoxy) is 1. The molecule has 0 aromatic carbocycles. The monoisotopic (exact) mass is 276 g/mol. The molecule has 0 N–H and O–H groups in total. The second-order valence-corrected chi connectivity index (χ2v) is 5.73. The van der Waals surface area contributed by atoms with Crippen molar-refractivity contribution in [1.82, 2.24) is 9.88 Å². The Hall–Kier alpha value is -1.42. The van der Waals surface area contributed by atoms with Crippen LogP contribution in [0.1, 0.15) is 41.6 Å². The van der Waals surface area contributed by atoms with Crippen LogP contribution in [0.4, 0.5) is 0 Å². The molecule has 110 valence electrons. The number of nitrogens with zero attached hydrogens (tertiary/aromatic N) is 2. The van der Waals surface area contributed by atoms with Gasteiger partial charge in [-0.2, -0.15) is 0 Å². The first-order valence-electron chi connectivity index (χ1n) is 7.42. The van der Waals surface area contributed by atoms with Crippen LogP contribution in [0.2, 0.25) is 0 Å². The third kappa shape index (κ3) is 4.30. The van der Waals surface area contributed by atoms with Gasteiger partial charge >= 0.3 is 0 Å². The molecule has 4 nitrogen and oxygen atoms in total. The highest BCUT2D eigenvalue weighted by atomic mass is 16.5. The predicted octanol–water partition coefficient (Wildman–Crippen LogP) is 2.70. The van der Waals surface area contributed by atoms with Crippen molar-refractivity contribution >= 4 is 6.29 Å². The summed E-state index contributed by atoms with van der Waals surface area (Å²) in [5.41, 5.74) is 1.55. The van der Waals surface area contributed by atoms with Crippen molar-refractivity contribution in [2.45, 2.75) is 32.6 Å². The number of hydrogen-bond donors (Lipinski definition) is 0. The van der Waals surface area contributed by atoms with E-state index in [4.69, 9.17) is 4.74 Å². The van der Waals surface area contributed by atoms with E-state index >= 15 is 0 Å². The lowest BCUT2D eigenvalue weighted by molar-refractivity contribution is 0.112. The van der Waals surface area contributed by atoms with E-state index in [0.717, 1.165) is 24.2 Å². The smallest absolute Gasteiger partial charge is 0.213 e. The summed E-state index contributed by atoms with van der Waals surface area (Å²) in [6.45, 7) is 5.05. The van der Waals surface area contributed by atoms with Crippen LogP contribution in [0.5, 0.6) is 5.88 Å². The first-order valence-corrected chi connectivity index (χ1v) is 7.42. The highest BCUT2D eigenvalue weighted by molar-refractivity contribution is 5.76. The van der Waals surface area contributed by atoms with E-state index < -0.39 is 0 Å². The van der Waals surface area contributed by atoms with Crippen LogP contribution in [0, 0.1) is 12.8 Å². The molecule has 1 fully saturated rings. The summed E-state index contributed by atoms with van der Waals surface area (Å²) in [7, 11) is 2.19. The number of aldehydes is 1. The van der Waals surface area contributed by atoms with Gasteiger partial charge in [-0.05, 0) is 64.2 Å². The summed E-state index contributed by atoms with van der Waals surface area (Å²) in [5, 5.41) is 0. The van der Waals surface area contributed by atoms with Crippen molar-refractivity contribution in [3.63, 3.8) is 0 Å². The minimum Gasteiger partial charge on any atom is -0.478 e. The van der Waals surface area contributed by atoms with Crippen molar-refractivity contribution in [3.05, 3.63) is 23.4 Å². The fourth-order valence-corrected chi connectivity index (χ4v) is 2.64. The average molecular weight is 276 g/mol. The molecule has 2 heterocycles. The van der Waals surface area contributed by atoms with Crippen LogP contribution < -0.4 is 4.74 Å². The van der Waals surface area contributed by atoms with Gasteiger partial charge in [0.1, 0.15) is 0 Å². The molecule has 0 aliphatic carbocycles. The number of carbonyl (C=O) groups excluding carboxylic acids is 1. The van der Waals surface area contributed by atoms with Crippen LogP contribution in [0.3, 0.4) is 0 Å². The standard InChI is InChI=1S/C16H24N2O2/c1-13-10-16(17-11-15(13)12-19)20-9-3-4-14-5-7-18(2)8-6-14/h10-12,14H,3-9H2,1-2H3. The molecular weight excluding hydrogens is 252 g/mol. The Labute approximate surface area is 121 Å². The fourth-order valence-electron chi connectivity index (χ4n) is 2.64. The maximum absolute atomic E-state index is 10.7. The minimum absolute atomic E-state index is 0.622. The Morgan fingerprint density at radius 3 is 2.85 bits per heavy atom. The lowest BCUT2D eigenvalue weighted by Crippen LogP contribution is -2.30. The van der Waals surface area contributed by atoms with Gasteiger partial charge in [0.25, 0.3) is 0 Å². The molecule has 0 bridgehead atoms. The maximum atomic E-state index is 10.7. The number of aromatic nitrogens is 1. The van der Waals surface area contributed by atoms with Gasteiger partial charge in [-0.1, -0.05) is 0 Å². The Bertz CT molecular complexity index is 440. The van der Waals surface area contributed by atoms with Crippen molar-refractivity contribution in [2.24, 2.45) is 5.92 Å². The second-order valence-electron chi connectivity index (χ2n) is 5.73. The van der Waals surface area contributed by atoms with Crippen molar-refractivity contribution < 1.29 is 9.53 Å². The number of aryl methyl sites for hydroxylation is 1. The molecule has 0 radical (unpaired) electrons. The Morgan fingerprint density at radius 2 is 2.20 bits per heavy atom. The quantitative estimate of drug-likeness (QED) is 0.592. The molecule has 1 aromatic heterocycles. The molecule has 4 heteroatoms. The normalized spacial score (nSPS) is 17.1. The third-order valence-corrected chi connectivity index (χ3v) is 4.10. The molecule has 1 aliphatic rings. The van der Waals surface area contributed by atoms with Gasteiger partial charge in [-0.3, -0.25) is 4.79 Å². The largest absolute Gasteiger partial charge is 0.478 e. The number of carbonyl (C=O) groups is 1. The zero-order valence-electron chi connectivity index (χ0n) is 12.5. The van der Waals surface area contributed by atoms with Crippen LogP contribution >= 0.6 is 0 Å². The summed E-state index contributed by atoms with van der Waals surface area (Å²) in [6, 6.07) is 1.83. The van der Waals surface area contributed by atoms with Crippen molar-refractivity contribution in [3.8, 4) is 5.88 Å². The fraction of sp³-hybridized carbons (Fsp3) is 0.625. The molecule has 1 aliphatic heterocycles. The SMILES string of the molecule is Cc1cc(OCCCC2CCN(C)CC2)ncc1C=O. The topological polar surface area (TPSA) is 42.4 Å². The molecular formula is C16H24N2O2. The van der Waals surface area contributed by atoms with E-state index in [9.17, 15) is 4.79 Å². The molecule has 0 saturated carbocycles. The average Bonchev–Trinajstić information content (AvgIpc) is 2.46. The van der Waals surface area contributed by atoms with Crippen LogP contribution in [0.25, 0.3) is 0 Å². The van der Waals surface area contributed by atoms with Gasteiger partial charge in [0, 0.05) is 17.8 Å². The Kier molecular flexibility index (Phi) is 5.53. The zero-order chi connectivity index (χ0) is 14.4. The lowest BCUT2D eigenvalue weighted by atomic mass is 9.93. The summed E-state index contributed by atoms with van der Waals surface area (Å²) >= 11 is 0. The molecule has 1 aromatic rings. The van der Waals surface area contributed by atoms with Crippen molar-refractivity contribution in [2.75, 3.05) is 26.7 Å². The maximum Gasteiger partial charge on any atom is 0.213 e. The number of likely N-dealkylation sites (tertiary alicyclic amines) is 1. The number of rotatable bonds is 6. The molecule has 2 rings (SSSR count). The van der Waals surface area contributed by atoms with Crippen LogP contribution in [-0.4, -0.2) is 42.9 Å². The first kappa shape index (κ1) is 15.0. The molecule has 1 saturated heterocycles. The lowest BCUT2D eigenvalue weighted by Gasteiger charge is -2.28. The van der Waals surface area contributed by atoms with E-state index in [1.54, 1.807) is 6.20 Å². The summed E-state index contributed by atoms with van der Waals surface area (Å²) in [6.07, 6.45) is 7.33. The summed E-state index contributed by atoms with van der Waals surface area (Å²) in [5.74, 6) is 1.47. The van der Waals surface area contributed by atoms with Gasteiger partial charge < -0.3 is 9.64 Å². The number of piperidine rings is 1. The van der Waals surface area contributed by atoms with Gasteiger partial charge in [0.2, 0.25) is 5.88 Å². The first-order chi connectivity index (χ1) is 9.69. The van der Waals surface area contributed by atoms with Gasteiger partial charge in [-0.15, -0.1) is 0 Å². The Morgan fingerprint density at radius 1 is 1.45 bits per heavy atom. The summed E-state index contributed by atoms with van der Waals surface area (Å²) in [4.78, 5) is 17.3. The van der Waals surface area contributed by atoms with E-state index in [1.807, 2.05) is 13.0 Å². The van der Waals surface area contributed by atoms with E-state index in [1.165, 1.54) is 32.4 Å². The molecule has 0 atom stereocenters. The van der Waals surface area contributed by atoms with E-state index in [2.05, 4.69) is 16.9 Å². The number of hydrogen-bond acceptors (Lipinski definition) is 4. The molecule has 0 amide bonds. The van der Waals surface area contributed by atoms with Crippen molar-refractivity contribution in [1.29, 1.82) is 0 Å². The Balaban J connectivity index is 1.68.